The number of benzene rings is 1. The van der Waals surface area contributed by atoms with Gasteiger partial charge in [-0.3, -0.25) is 0 Å². The van der Waals surface area contributed by atoms with E-state index >= 15 is 0 Å². The second kappa shape index (κ2) is 6.59. The maximum atomic E-state index is 13.2. The lowest BCUT2D eigenvalue weighted by Crippen LogP contribution is -2.10. The number of hydrogen-bond acceptors (Lipinski definition) is 3. The van der Waals surface area contributed by atoms with E-state index < -0.39 is 5.82 Å². The van der Waals surface area contributed by atoms with Gasteiger partial charge in [0.25, 0.3) is 0 Å². The van der Waals surface area contributed by atoms with E-state index in [-0.39, 0.29) is 11.6 Å². The summed E-state index contributed by atoms with van der Waals surface area (Å²) in [5, 5.41) is 3.25. The maximum Gasteiger partial charge on any atom is 0.146 e. The molecule has 5 heteroatoms. The molecular formula is C14H15ClFNO2. The Hall–Kier alpha value is -1.52. The van der Waals surface area contributed by atoms with E-state index in [9.17, 15) is 4.39 Å². The zero-order chi connectivity index (χ0) is 13.7. The summed E-state index contributed by atoms with van der Waals surface area (Å²) in [7, 11) is 0. The van der Waals surface area contributed by atoms with Gasteiger partial charge in [-0.05, 0) is 30.8 Å². The normalized spacial score (nSPS) is 10.7. The van der Waals surface area contributed by atoms with Crippen LogP contribution in [-0.2, 0) is 13.2 Å². The van der Waals surface area contributed by atoms with Gasteiger partial charge in [0.2, 0.25) is 0 Å². The molecule has 1 aromatic carbocycles. The monoisotopic (exact) mass is 283 g/mol. The summed E-state index contributed by atoms with van der Waals surface area (Å²) in [6.07, 6.45) is 0. The van der Waals surface area contributed by atoms with E-state index in [1.807, 2.05) is 19.1 Å². The highest BCUT2D eigenvalue weighted by Gasteiger charge is 2.05. The fourth-order valence-electron chi connectivity index (χ4n) is 1.56. The molecule has 0 spiro atoms. The van der Waals surface area contributed by atoms with Crippen molar-refractivity contribution in [3.8, 4) is 5.75 Å². The largest absolute Gasteiger partial charge is 0.486 e. The van der Waals surface area contributed by atoms with E-state index in [0.29, 0.717) is 18.1 Å². The van der Waals surface area contributed by atoms with E-state index in [4.69, 9.17) is 20.8 Å². The quantitative estimate of drug-likeness (QED) is 0.876. The number of furan rings is 1. The molecule has 1 N–H and O–H groups in total. The average molecular weight is 284 g/mol. The first-order chi connectivity index (χ1) is 9.19. The molecule has 3 nitrogen and oxygen atoms in total. The van der Waals surface area contributed by atoms with Gasteiger partial charge in [0.15, 0.2) is 0 Å². The Kier molecular flexibility index (Phi) is 4.82. The predicted octanol–water partition coefficient (Wildman–Crippen LogP) is 3.76. The summed E-state index contributed by atoms with van der Waals surface area (Å²) in [6, 6.07) is 8.08. The lowest BCUT2D eigenvalue weighted by Gasteiger charge is -2.04. The molecule has 0 aliphatic heterocycles. The molecule has 0 atom stereocenters. The van der Waals surface area contributed by atoms with Crippen LogP contribution in [0.1, 0.15) is 18.4 Å². The Labute approximate surface area is 116 Å². The highest BCUT2D eigenvalue weighted by molar-refractivity contribution is 6.30. The standard InChI is InChI=1S/C14H15ClFNO2/c1-2-17-8-11-3-4-12(19-11)9-18-10-5-6-13(15)14(16)7-10/h3-7,17H,2,8-9H2,1H3. The van der Waals surface area contributed by atoms with E-state index in [2.05, 4.69) is 5.32 Å². The molecule has 0 amide bonds. The van der Waals surface area contributed by atoms with Crippen LogP contribution in [0.15, 0.2) is 34.7 Å². The summed E-state index contributed by atoms with van der Waals surface area (Å²) >= 11 is 5.59. The minimum absolute atomic E-state index is 0.0817. The van der Waals surface area contributed by atoms with Crippen molar-refractivity contribution in [1.82, 2.24) is 5.32 Å². The van der Waals surface area contributed by atoms with E-state index in [1.54, 1.807) is 6.07 Å². The summed E-state index contributed by atoms with van der Waals surface area (Å²) in [6.45, 7) is 3.86. The van der Waals surface area contributed by atoms with Crippen molar-refractivity contribution in [1.29, 1.82) is 0 Å². The first kappa shape index (κ1) is 13.9. The van der Waals surface area contributed by atoms with Crippen molar-refractivity contribution in [2.75, 3.05) is 6.54 Å². The Morgan fingerprint density at radius 2 is 2.05 bits per heavy atom. The smallest absolute Gasteiger partial charge is 0.146 e. The SMILES string of the molecule is CCNCc1ccc(COc2ccc(Cl)c(F)c2)o1. The molecule has 2 rings (SSSR count). The first-order valence-electron chi connectivity index (χ1n) is 6.05. The number of nitrogens with one attached hydrogen (secondary N) is 1. The zero-order valence-corrected chi connectivity index (χ0v) is 11.3. The fraction of sp³-hybridized carbons (Fsp3) is 0.286. The van der Waals surface area contributed by atoms with Crippen molar-refractivity contribution in [3.63, 3.8) is 0 Å². The predicted molar refractivity (Wildman–Crippen MR) is 71.8 cm³/mol. The molecule has 19 heavy (non-hydrogen) atoms. The Balaban J connectivity index is 1.91. The summed E-state index contributed by atoms with van der Waals surface area (Å²) in [5.74, 6) is 1.48. The lowest BCUT2D eigenvalue weighted by atomic mass is 10.3. The van der Waals surface area contributed by atoms with Crippen molar-refractivity contribution in [3.05, 3.63) is 52.7 Å². The van der Waals surface area contributed by atoms with Gasteiger partial charge in [-0.2, -0.15) is 0 Å². The molecular weight excluding hydrogens is 269 g/mol. The minimum atomic E-state index is -0.494. The minimum Gasteiger partial charge on any atom is -0.486 e. The number of ether oxygens (including phenoxy) is 1. The molecule has 0 unspecified atom stereocenters. The Morgan fingerprint density at radius 3 is 2.79 bits per heavy atom. The van der Waals surface area contributed by atoms with Crippen LogP contribution < -0.4 is 10.1 Å². The van der Waals surface area contributed by atoms with Crippen LogP contribution in [0.3, 0.4) is 0 Å². The van der Waals surface area contributed by atoms with E-state index in [0.717, 1.165) is 12.3 Å². The van der Waals surface area contributed by atoms with Crippen LogP contribution in [0.4, 0.5) is 4.39 Å². The van der Waals surface area contributed by atoms with Gasteiger partial charge in [0.05, 0.1) is 11.6 Å². The number of halogens is 2. The summed E-state index contributed by atoms with van der Waals surface area (Å²) in [5.41, 5.74) is 0. The lowest BCUT2D eigenvalue weighted by molar-refractivity contribution is 0.264. The van der Waals surface area contributed by atoms with Crippen LogP contribution in [0.25, 0.3) is 0 Å². The molecule has 0 aliphatic carbocycles. The molecule has 102 valence electrons. The topological polar surface area (TPSA) is 34.4 Å². The second-order valence-electron chi connectivity index (χ2n) is 4.01. The summed E-state index contributed by atoms with van der Waals surface area (Å²) < 4.78 is 24.2. The van der Waals surface area contributed by atoms with Gasteiger partial charge in [0.1, 0.15) is 29.7 Å². The van der Waals surface area contributed by atoms with E-state index in [1.165, 1.54) is 12.1 Å². The third kappa shape index (κ3) is 3.98. The van der Waals surface area contributed by atoms with Crippen molar-refractivity contribution >= 4 is 11.6 Å². The molecule has 0 radical (unpaired) electrons. The van der Waals surface area contributed by atoms with Gasteiger partial charge in [-0.15, -0.1) is 0 Å². The van der Waals surface area contributed by atoms with Crippen molar-refractivity contribution < 1.29 is 13.5 Å². The Bertz CT molecular complexity index is 542. The fourth-order valence-corrected chi connectivity index (χ4v) is 1.68. The van der Waals surface area contributed by atoms with Crippen LogP contribution in [0.2, 0.25) is 5.02 Å². The van der Waals surface area contributed by atoms with Crippen LogP contribution in [-0.4, -0.2) is 6.54 Å². The first-order valence-corrected chi connectivity index (χ1v) is 6.43. The van der Waals surface area contributed by atoms with Gasteiger partial charge < -0.3 is 14.5 Å². The highest BCUT2D eigenvalue weighted by Crippen LogP contribution is 2.21. The Morgan fingerprint density at radius 1 is 1.26 bits per heavy atom. The molecule has 0 saturated heterocycles. The van der Waals surface area contributed by atoms with Gasteiger partial charge in [-0.25, -0.2) is 4.39 Å². The van der Waals surface area contributed by atoms with Gasteiger partial charge in [-0.1, -0.05) is 18.5 Å². The second-order valence-corrected chi connectivity index (χ2v) is 4.42. The third-order valence-corrected chi connectivity index (χ3v) is 2.85. The third-order valence-electron chi connectivity index (χ3n) is 2.54. The molecule has 0 aliphatic rings. The van der Waals surface area contributed by atoms with Gasteiger partial charge >= 0.3 is 0 Å². The molecule has 0 fully saturated rings. The van der Waals surface area contributed by atoms with Crippen LogP contribution in [0, 0.1) is 5.82 Å². The average Bonchev–Trinajstić information content (AvgIpc) is 2.86. The molecule has 1 aromatic heterocycles. The highest BCUT2D eigenvalue weighted by atomic mass is 35.5. The van der Waals surface area contributed by atoms with Crippen molar-refractivity contribution in [2.45, 2.75) is 20.1 Å². The number of rotatable bonds is 6. The van der Waals surface area contributed by atoms with Crippen LogP contribution in [0.5, 0.6) is 5.75 Å². The molecule has 1 heterocycles. The number of hydrogen-bond donors (Lipinski definition) is 1. The molecule has 0 bridgehead atoms. The summed E-state index contributed by atoms with van der Waals surface area (Å²) in [4.78, 5) is 0. The maximum absolute atomic E-state index is 13.2. The molecule has 0 saturated carbocycles. The molecule has 2 aromatic rings. The van der Waals surface area contributed by atoms with Gasteiger partial charge in [0, 0.05) is 6.07 Å². The van der Waals surface area contributed by atoms with Crippen LogP contribution >= 0.6 is 11.6 Å². The zero-order valence-electron chi connectivity index (χ0n) is 10.6. The van der Waals surface area contributed by atoms with Crippen molar-refractivity contribution in [2.24, 2.45) is 0 Å².